The third-order valence-corrected chi connectivity index (χ3v) is 2.39. The summed E-state index contributed by atoms with van der Waals surface area (Å²) in [5.41, 5.74) is 0.981. The molecule has 0 heterocycles. The zero-order chi connectivity index (χ0) is 12.9. The van der Waals surface area contributed by atoms with Crippen LogP contribution >= 0.6 is 0 Å². The standard InChI is InChI=1S/C11H16FNO3S/c1-9(2)7-13-8-10-3-5-11(6-4-10)16-17(12,14)15/h3-6,9,13H,7-8H2,1-2H3. The molecule has 0 aromatic heterocycles. The average molecular weight is 261 g/mol. The topological polar surface area (TPSA) is 55.4 Å². The van der Waals surface area contributed by atoms with Crippen molar-refractivity contribution in [2.75, 3.05) is 6.54 Å². The highest BCUT2D eigenvalue weighted by Gasteiger charge is 2.08. The molecule has 0 fully saturated rings. The molecule has 1 N–H and O–H groups in total. The summed E-state index contributed by atoms with van der Waals surface area (Å²) in [6, 6.07) is 6.22. The largest absolute Gasteiger partial charge is 0.488 e. The molecule has 1 aromatic rings. The number of halogens is 1. The molecular formula is C11H16FNO3S. The predicted octanol–water partition coefficient (Wildman–Crippen LogP) is 2.03. The lowest BCUT2D eigenvalue weighted by Crippen LogP contribution is -2.18. The van der Waals surface area contributed by atoms with Crippen LogP contribution in [0.15, 0.2) is 24.3 Å². The Bertz CT molecular complexity index is 442. The lowest BCUT2D eigenvalue weighted by atomic mass is 10.2. The van der Waals surface area contributed by atoms with Gasteiger partial charge in [-0.25, -0.2) is 0 Å². The maximum atomic E-state index is 12.2. The van der Waals surface area contributed by atoms with Gasteiger partial charge in [-0.1, -0.05) is 29.9 Å². The summed E-state index contributed by atoms with van der Waals surface area (Å²) in [6.07, 6.45) is 0. The molecule has 96 valence electrons. The molecule has 0 bridgehead atoms. The zero-order valence-electron chi connectivity index (χ0n) is 9.81. The average Bonchev–Trinajstić information content (AvgIpc) is 2.18. The quantitative estimate of drug-likeness (QED) is 0.796. The fraction of sp³-hybridized carbons (Fsp3) is 0.455. The second-order valence-electron chi connectivity index (χ2n) is 4.15. The Morgan fingerprint density at radius 3 is 2.35 bits per heavy atom. The molecule has 0 saturated heterocycles. The molecule has 0 aliphatic rings. The zero-order valence-corrected chi connectivity index (χ0v) is 10.6. The molecule has 0 unspecified atom stereocenters. The maximum Gasteiger partial charge on any atom is 0.488 e. The molecule has 0 radical (unpaired) electrons. The van der Waals surface area contributed by atoms with Crippen LogP contribution < -0.4 is 9.50 Å². The monoisotopic (exact) mass is 261 g/mol. The van der Waals surface area contributed by atoms with Crippen molar-refractivity contribution in [3.63, 3.8) is 0 Å². The first-order valence-electron chi connectivity index (χ1n) is 5.30. The van der Waals surface area contributed by atoms with E-state index in [2.05, 4.69) is 23.3 Å². The van der Waals surface area contributed by atoms with Gasteiger partial charge in [0.2, 0.25) is 0 Å². The normalized spacial score (nSPS) is 11.8. The molecule has 6 heteroatoms. The second-order valence-corrected chi connectivity index (χ2v) is 5.10. The van der Waals surface area contributed by atoms with Gasteiger partial charge in [-0.05, 0) is 30.2 Å². The summed E-state index contributed by atoms with van der Waals surface area (Å²) >= 11 is 0. The molecule has 0 spiro atoms. The Morgan fingerprint density at radius 2 is 1.88 bits per heavy atom. The lowest BCUT2D eigenvalue weighted by molar-refractivity contribution is 0.440. The molecule has 1 rings (SSSR count). The van der Waals surface area contributed by atoms with Gasteiger partial charge in [0.15, 0.2) is 0 Å². The number of hydrogen-bond acceptors (Lipinski definition) is 4. The van der Waals surface area contributed by atoms with Crippen molar-refractivity contribution >= 4 is 10.5 Å². The third kappa shape index (κ3) is 6.23. The molecule has 0 aliphatic carbocycles. The van der Waals surface area contributed by atoms with Gasteiger partial charge < -0.3 is 9.50 Å². The summed E-state index contributed by atoms with van der Waals surface area (Å²) in [6.45, 7) is 5.80. The van der Waals surface area contributed by atoms with E-state index in [-0.39, 0.29) is 5.75 Å². The van der Waals surface area contributed by atoms with E-state index in [9.17, 15) is 12.3 Å². The van der Waals surface area contributed by atoms with Crippen molar-refractivity contribution in [1.82, 2.24) is 5.32 Å². The first kappa shape index (κ1) is 13.9. The van der Waals surface area contributed by atoms with Crippen LogP contribution in [0.25, 0.3) is 0 Å². The van der Waals surface area contributed by atoms with Gasteiger partial charge in [0.1, 0.15) is 5.75 Å². The summed E-state index contributed by atoms with van der Waals surface area (Å²) in [7, 11) is -4.93. The predicted molar refractivity (Wildman–Crippen MR) is 63.6 cm³/mol. The lowest BCUT2D eigenvalue weighted by Gasteiger charge is -2.07. The van der Waals surface area contributed by atoms with Crippen LogP contribution in [-0.4, -0.2) is 15.0 Å². The number of nitrogens with one attached hydrogen (secondary N) is 1. The molecule has 0 atom stereocenters. The molecule has 17 heavy (non-hydrogen) atoms. The van der Waals surface area contributed by atoms with E-state index in [0.29, 0.717) is 12.5 Å². The van der Waals surface area contributed by atoms with E-state index >= 15 is 0 Å². The Hall–Kier alpha value is -1.14. The highest BCUT2D eigenvalue weighted by atomic mass is 32.3. The van der Waals surface area contributed by atoms with E-state index in [1.807, 2.05) is 0 Å². The van der Waals surface area contributed by atoms with Crippen LogP contribution in [0.5, 0.6) is 5.75 Å². The van der Waals surface area contributed by atoms with Crippen LogP contribution in [-0.2, 0) is 17.0 Å². The van der Waals surface area contributed by atoms with Gasteiger partial charge in [0.25, 0.3) is 0 Å². The van der Waals surface area contributed by atoms with Gasteiger partial charge >= 0.3 is 10.5 Å². The van der Waals surface area contributed by atoms with Crippen molar-refractivity contribution in [3.8, 4) is 5.75 Å². The fourth-order valence-corrected chi connectivity index (χ4v) is 1.62. The van der Waals surface area contributed by atoms with Crippen molar-refractivity contribution in [2.24, 2.45) is 5.92 Å². The van der Waals surface area contributed by atoms with Gasteiger partial charge in [-0.15, -0.1) is 0 Å². The van der Waals surface area contributed by atoms with E-state index < -0.39 is 10.5 Å². The van der Waals surface area contributed by atoms with Gasteiger partial charge in [-0.2, -0.15) is 8.42 Å². The van der Waals surface area contributed by atoms with Gasteiger partial charge in [0.05, 0.1) is 0 Å². The summed E-state index contributed by atoms with van der Waals surface area (Å²) in [4.78, 5) is 0. The van der Waals surface area contributed by atoms with Gasteiger partial charge in [-0.3, -0.25) is 0 Å². The van der Waals surface area contributed by atoms with Crippen molar-refractivity contribution in [3.05, 3.63) is 29.8 Å². The number of hydrogen-bond donors (Lipinski definition) is 1. The maximum absolute atomic E-state index is 12.2. The second kappa shape index (κ2) is 5.97. The minimum absolute atomic E-state index is 0.0277. The van der Waals surface area contributed by atoms with Crippen molar-refractivity contribution < 1.29 is 16.5 Å². The van der Waals surface area contributed by atoms with Crippen molar-refractivity contribution in [1.29, 1.82) is 0 Å². The molecule has 4 nitrogen and oxygen atoms in total. The minimum Gasteiger partial charge on any atom is -0.358 e. The first-order valence-corrected chi connectivity index (χ1v) is 6.61. The van der Waals surface area contributed by atoms with Crippen LogP contribution in [0.3, 0.4) is 0 Å². The first-order chi connectivity index (χ1) is 7.87. The molecule has 0 aliphatic heterocycles. The van der Waals surface area contributed by atoms with Crippen LogP contribution in [0, 0.1) is 5.92 Å². The smallest absolute Gasteiger partial charge is 0.358 e. The summed E-state index contributed by atoms with van der Waals surface area (Å²) < 4.78 is 36.8. The Kier molecular flexibility index (Phi) is 4.89. The molecular weight excluding hydrogens is 245 g/mol. The minimum atomic E-state index is -4.93. The van der Waals surface area contributed by atoms with Crippen LogP contribution in [0.2, 0.25) is 0 Å². The molecule has 0 saturated carbocycles. The molecule has 0 amide bonds. The third-order valence-electron chi connectivity index (χ3n) is 2.00. The highest BCUT2D eigenvalue weighted by Crippen LogP contribution is 2.14. The van der Waals surface area contributed by atoms with Crippen LogP contribution in [0.4, 0.5) is 3.89 Å². The van der Waals surface area contributed by atoms with E-state index in [0.717, 1.165) is 12.1 Å². The molecule has 1 aromatic carbocycles. The van der Waals surface area contributed by atoms with Crippen LogP contribution in [0.1, 0.15) is 19.4 Å². The SMILES string of the molecule is CC(C)CNCc1ccc(OS(=O)(=O)F)cc1. The Morgan fingerprint density at radius 1 is 1.29 bits per heavy atom. The summed E-state index contributed by atoms with van der Waals surface area (Å²) in [5.74, 6) is 0.536. The summed E-state index contributed by atoms with van der Waals surface area (Å²) in [5, 5.41) is 3.24. The Balaban J connectivity index is 2.50. The fourth-order valence-electron chi connectivity index (χ4n) is 1.28. The van der Waals surface area contributed by atoms with E-state index in [1.165, 1.54) is 12.1 Å². The number of benzene rings is 1. The highest BCUT2D eigenvalue weighted by molar-refractivity contribution is 7.81. The van der Waals surface area contributed by atoms with Gasteiger partial charge in [0, 0.05) is 6.54 Å². The Labute approximate surface area is 101 Å². The number of rotatable bonds is 6. The van der Waals surface area contributed by atoms with E-state index in [4.69, 9.17) is 0 Å². The van der Waals surface area contributed by atoms with E-state index in [1.54, 1.807) is 12.1 Å². The van der Waals surface area contributed by atoms with Crippen molar-refractivity contribution in [2.45, 2.75) is 20.4 Å².